The number of amides is 2. The van der Waals surface area contributed by atoms with Crippen LogP contribution in [-0.4, -0.2) is 12.7 Å². The summed E-state index contributed by atoms with van der Waals surface area (Å²) in [6, 6.07) is 15.2. The van der Waals surface area contributed by atoms with Crippen LogP contribution in [0.15, 0.2) is 54.6 Å². The summed E-state index contributed by atoms with van der Waals surface area (Å²) >= 11 is 5.82. The highest BCUT2D eigenvalue weighted by Gasteiger charge is 2.16. The second-order valence-electron chi connectivity index (χ2n) is 4.30. The van der Waals surface area contributed by atoms with Crippen molar-refractivity contribution in [2.45, 2.75) is 0 Å². The van der Waals surface area contributed by atoms with Gasteiger partial charge in [0.25, 0.3) is 0 Å². The molecule has 0 bridgehead atoms. The Kier molecular flexibility index (Phi) is 4.03. The highest BCUT2D eigenvalue weighted by molar-refractivity contribution is 8.21. The SMILES string of the molecule is CP(=S)(c1ccccc1)c1cccc(NC(N)=O)c1. The van der Waals surface area contributed by atoms with Crippen molar-refractivity contribution in [3.8, 4) is 0 Å². The predicted octanol–water partition coefficient (Wildman–Crippen LogP) is 2.24. The summed E-state index contributed by atoms with van der Waals surface area (Å²) in [5, 5.41) is 4.79. The van der Waals surface area contributed by atoms with Crippen molar-refractivity contribution in [3.63, 3.8) is 0 Å². The maximum Gasteiger partial charge on any atom is 0.316 e. The minimum Gasteiger partial charge on any atom is -0.351 e. The van der Waals surface area contributed by atoms with Gasteiger partial charge in [0, 0.05) is 11.7 Å². The quantitative estimate of drug-likeness (QED) is 0.852. The third-order valence-corrected chi connectivity index (χ3v) is 6.67. The number of rotatable bonds is 3. The van der Waals surface area contributed by atoms with Crippen LogP contribution in [0.4, 0.5) is 10.5 Å². The van der Waals surface area contributed by atoms with Crippen molar-refractivity contribution >= 4 is 40.2 Å². The number of carbonyl (C=O) groups excluding carboxylic acids is 1. The fraction of sp³-hybridized carbons (Fsp3) is 0.0714. The molecule has 0 saturated heterocycles. The molecule has 0 saturated carbocycles. The van der Waals surface area contributed by atoms with Crippen LogP contribution in [0.25, 0.3) is 0 Å². The lowest BCUT2D eigenvalue weighted by molar-refractivity contribution is 0.259. The fourth-order valence-corrected chi connectivity index (χ4v) is 4.35. The van der Waals surface area contributed by atoms with E-state index in [1.165, 1.54) is 0 Å². The normalized spacial score (nSPS) is 13.5. The monoisotopic (exact) mass is 290 g/mol. The number of urea groups is 1. The van der Waals surface area contributed by atoms with Crippen LogP contribution >= 0.6 is 6.04 Å². The van der Waals surface area contributed by atoms with Gasteiger partial charge in [-0.1, -0.05) is 54.3 Å². The van der Waals surface area contributed by atoms with Gasteiger partial charge in [-0.25, -0.2) is 4.79 Å². The third-order valence-electron chi connectivity index (χ3n) is 2.86. The van der Waals surface area contributed by atoms with Gasteiger partial charge in [-0.2, -0.15) is 0 Å². The largest absolute Gasteiger partial charge is 0.351 e. The summed E-state index contributed by atoms with van der Waals surface area (Å²) < 4.78 is 0. The van der Waals surface area contributed by atoms with Crippen molar-refractivity contribution in [3.05, 3.63) is 54.6 Å². The van der Waals surface area contributed by atoms with Gasteiger partial charge in [0.1, 0.15) is 0 Å². The Morgan fingerprint density at radius 2 is 1.74 bits per heavy atom. The first kappa shape index (κ1) is 13.8. The second-order valence-corrected chi connectivity index (χ2v) is 9.37. The van der Waals surface area contributed by atoms with Gasteiger partial charge < -0.3 is 11.1 Å². The summed E-state index contributed by atoms with van der Waals surface area (Å²) in [6.07, 6.45) is 0. The van der Waals surface area contributed by atoms with Gasteiger partial charge in [0.15, 0.2) is 0 Å². The highest BCUT2D eigenvalue weighted by Crippen LogP contribution is 2.39. The topological polar surface area (TPSA) is 55.1 Å². The molecule has 0 spiro atoms. The molecule has 2 rings (SSSR count). The van der Waals surface area contributed by atoms with E-state index in [1.807, 2.05) is 36.4 Å². The maximum absolute atomic E-state index is 10.9. The predicted molar refractivity (Wildman–Crippen MR) is 85.6 cm³/mol. The van der Waals surface area contributed by atoms with Crippen molar-refractivity contribution in [2.24, 2.45) is 5.73 Å². The van der Waals surface area contributed by atoms with E-state index < -0.39 is 12.1 Å². The lowest BCUT2D eigenvalue weighted by atomic mass is 10.3. The van der Waals surface area contributed by atoms with Crippen molar-refractivity contribution in [1.29, 1.82) is 0 Å². The Morgan fingerprint density at radius 3 is 2.37 bits per heavy atom. The van der Waals surface area contributed by atoms with Gasteiger partial charge in [0.05, 0.1) is 0 Å². The molecule has 0 heterocycles. The Balaban J connectivity index is 2.41. The molecule has 3 nitrogen and oxygen atoms in total. The van der Waals surface area contributed by atoms with Crippen molar-refractivity contribution in [2.75, 3.05) is 12.0 Å². The Labute approximate surface area is 117 Å². The fourth-order valence-electron chi connectivity index (χ4n) is 1.85. The summed E-state index contributed by atoms with van der Waals surface area (Å²) in [4.78, 5) is 10.9. The smallest absolute Gasteiger partial charge is 0.316 e. The Morgan fingerprint density at radius 1 is 1.11 bits per heavy atom. The molecule has 5 heteroatoms. The average molecular weight is 290 g/mol. The summed E-state index contributed by atoms with van der Waals surface area (Å²) in [5.41, 5.74) is 5.81. The van der Waals surface area contributed by atoms with Gasteiger partial charge in [-0.3, -0.25) is 0 Å². The maximum atomic E-state index is 10.9. The molecular weight excluding hydrogens is 275 g/mol. The van der Waals surface area contributed by atoms with Crippen molar-refractivity contribution in [1.82, 2.24) is 0 Å². The number of primary amides is 1. The molecule has 3 N–H and O–H groups in total. The number of carbonyl (C=O) groups is 1. The van der Waals surface area contributed by atoms with Gasteiger partial charge in [-0.05, 0) is 29.4 Å². The van der Waals surface area contributed by atoms with Crippen LogP contribution in [0.2, 0.25) is 0 Å². The van der Waals surface area contributed by atoms with Gasteiger partial charge in [-0.15, -0.1) is 0 Å². The molecular formula is C14H15N2OPS. The molecule has 0 aliphatic rings. The molecule has 1 atom stereocenters. The third kappa shape index (κ3) is 3.22. The molecule has 0 aliphatic heterocycles. The molecule has 0 radical (unpaired) electrons. The van der Waals surface area contributed by atoms with Crippen LogP contribution < -0.4 is 21.7 Å². The number of benzene rings is 2. The molecule has 0 fully saturated rings. The molecule has 2 amide bonds. The summed E-state index contributed by atoms with van der Waals surface area (Å²) in [5.74, 6) is 0. The van der Waals surface area contributed by atoms with Crippen LogP contribution in [0, 0.1) is 0 Å². The van der Waals surface area contributed by atoms with E-state index in [9.17, 15) is 4.79 Å². The van der Waals surface area contributed by atoms with Gasteiger partial charge >= 0.3 is 6.03 Å². The second kappa shape index (κ2) is 5.55. The first-order valence-corrected chi connectivity index (χ1v) is 9.05. The lowest BCUT2D eigenvalue weighted by Gasteiger charge is -2.18. The van der Waals surface area contributed by atoms with Crippen LogP contribution in [0.5, 0.6) is 0 Å². The number of anilines is 1. The molecule has 1 unspecified atom stereocenters. The van der Waals surface area contributed by atoms with E-state index in [4.69, 9.17) is 17.5 Å². The van der Waals surface area contributed by atoms with Gasteiger partial charge in [0.2, 0.25) is 0 Å². The Bertz CT molecular complexity index is 643. The number of nitrogens with two attached hydrogens (primary N) is 1. The van der Waals surface area contributed by atoms with E-state index in [2.05, 4.69) is 24.1 Å². The van der Waals surface area contributed by atoms with Crippen LogP contribution in [0.3, 0.4) is 0 Å². The summed E-state index contributed by atoms with van der Waals surface area (Å²) in [7, 11) is 0. The van der Waals surface area contributed by atoms with E-state index in [1.54, 1.807) is 6.07 Å². The summed E-state index contributed by atoms with van der Waals surface area (Å²) in [6.45, 7) is 2.08. The highest BCUT2D eigenvalue weighted by atomic mass is 32.4. The van der Waals surface area contributed by atoms with E-state index in [0.717, 1.165) is 10.6 Å². The molecule has 2 aromatic rings. The lowest BCUT2D eigenvalue weighted by Crippen LogP contribution is -2.21. The minimum atomic E-state index is -1.83. The molecule has 19 heavy (non-hydrogen) atoms. The number of hydrogen-bond acceptors (Lipinski definition) is 2. The average Bonchev–Trinajstić information content (AvgIpc) is 2.39. The van der Waals surface area contributed by atoms with Crippen molar-refractivity contribution < 1.29 is 4.79 Å². The van der Waals surface area contributed by atoms with Crippen LogP contribution in [0.1, 0.15) is 0 Å². The van der Waals surface area contributed by atoms with Crippen LogP contribution in [-0.2, 0) is 11.8 Å². The zero-order valence-electron chi connectivity index (χ0n) is 10.5. The molecule has 0 aromatic heterocycles. The zero-order chi connectivity index (χ0) is 13.9. The number of nitrogens with one attached hydrogen (secondary N) is 1. The first-order valence-electron chi connectivity index (χ1n) is 5.80. The molecule has 98 valence electrons. The van der Waals surface area contributed by atoms with E-state index >= 15 is 0 Å². The molecule has 0 aliphatic carbocycles. The van der Waals surface area contributed by atoms with E-state index in [-0.39, 0.29) is 0 Å². The number of hydrogen-bond donors (Lipinski definition) is 2. The molecule has 2 aromatic carbocycles. The van der Waals surface area contributed by atoms with E-state index in [0.29, 0.717) is 5.69 Å². The Hall–Kier alpha value is -1.64. The zero-order valence-corrected chi connectivity index (χ0v) is 12.2. The minimum absolute atomic E-state index is 0.568. The standard InChI is InChI=1S/C14H15N2OPS/c1-18(19,12-7-3-2-4-8-12)13-9-5-6-11(10-13)16-14(15)17/h2-10H,1H3,(H3,15,16,17). The first-order chi connectivity index (χ1) is 9.00.